The molecule has 1 N–H and O–H groups in total. The summed E-state index contributed by atoms with van der Waals surface area (Å²) < 4.78 is 5.12. The average molecular weight is 242 g/mol. The largest absolute Gasteiger partial charge is 0.380 e. The monoisotopic (exact) mass is 242 g/mol. The zero-order chi connectivity index (χ0) is 12.8. The number of benzene rings is 1. The summed E-state index contributed by atoms with van der Waals surface area (Å²) in [6.07, 6.45) is 1.82. The highest BCUT2D eigenvalue weighted by molar-refractivity contribution is 5.46. The van der Waals surface area contributed by atoms with Crippen LogP contribution in [0.25, 0.3) is 0 Å². The van der Waals surface area contributed by atoms with Crippen LogP contribution in [0.15, 0.2) is 42.6 Å². The molecule has 3 nitrogen and oxygen atoms in total. The van der Waals surface area contributed by atoms with Gasteiger partial charge in [-0.1, -0.05) is 18.2 Å². The Bertz CT molecular complexity index is 511. The Kier molecular flexibility index (Phi) is 4.31. The second-order valence-electron chi connectivity index (χ2n) is 4.25. The molecule has 3 heteroatoms. The lowest BCUT2D eigenvalue weighted by atomic mass is 10.2. The van der Waals surface area contributed by atoms with Crippen LogP contribution in [0.5, 0.6) is 0 Å². The van der Waals surface area contributed by atoms with Gasteiger partial charge >= 0.3 is 0 Å². The molecule has 2 rings (SSSR count). The van der Waals surface area contributed by atoms with E-state index in [2.05, 4.69) is 41.5 Å². The van der Waals surface area contributed by atoms with E-state index in [-0.39, 0.29) is 0 Å². The molecular formula is C15H18N2O. The predicted octanol–water partition coefficient (Wildman–Crippen LogP) is 3.15. The van der Waals surface area contributed by atoms with Crippen molar-refractivity contribution >= 4 is 5.69 Å². The first-order valence-electron chi connectivity index (χ1n) is 6.02. The van der Waals surface area contributed by atoms with Gasteiger partial charge in [0.15, 0.2) is 0 Å². The molecule has 1 heterocycles. The van der Waals surface area contributed by atoms with Gasteiger partial charge in [-0.2, -0.15) is 0 Å². The molecule has 0 aliphatic heterocycles. The van der Waals surface area contributed by atoms with Crippen molar-refractivity contribution in [3.63, 3.8) is 0 Å². The number of anilines is 1. The summed E-state index contributed by atoms with van der Waals surface area (Å²) in [4.78, 5) is 4.36. The summed E-state index contributed by atoms with van der Waals surface area (Å²) in [6.45, 7) is 3.45. The Morgan fingerprint density at radius 2 is 2.11 bits per heavy atom. The van der Waals surface area contributed by atoms with Gasteiger partial charge in [0.1, 0.15) is 0 Å². The van der Waals surface area contributed by atoms with Crippen LogP contribution >= 0.6 is 0 Å². The highest BCUT2D eigenvalue weighted by Crippen LogP contribution is 2.13. The van der Waals surface area contributed by atoms with Gasteiger partial charge in [-0.15, -0.1) is 0 Å². The first-order valence-corrected chi connectivity index (χ1v) is 6.02. The van der Waals surface area contributed by atoms with Crippen molar-refractivity contribution in [3.05, 3.63) is 59.4 Å². The third kappa shape index (κ3) is 3.31. The van der Waals surface area contributed by atoms with Crippen LogP contribution in [0, 0.1) is 6.92 Å². The third-order valence-electron chi connectivity index (χ3n) is 2.82. The highest BCUT2D eigenvalue weighted by Gasteiger charge is 1.99. The van der Waals surface area contributed by atoms with E-state index in [0.29, 0.717) is 6.61 Å². The minimum absolute atomic E-state index is 0.637. The molecule has 0 fully saturated rings. The second kappa shape index (κ2) is 6.17. The van der Waals surface area contributed by atoms with E-state index in [0.717, 1.165) is 17.9 Å². The van der Waals surface area contributed by atoms with E-state index in [1.165, 1.54) is 11.1 Å². The molecule has 0 amide bonds. The summed E-state index contributed by atoms with van der Waals surface area (Å²) >= 11 is 0. The molecular weight excluding hydrogens is 224 g/mol. The number of aryl methyl sites for hydroxylation is 1. The van der Waals surface area contributed by atoms with Gasteiger partial charge in [0, 0.05) is 19.0 Å². The number of rotatable bonds is 5. The van der Waals surface area contributed by atoms with Crippen molar-refractivity contribution in [1.82, 2.24) is 4.98 Å². The van der Waals surface area contributed by atoms with Gasteiger partial charge in [-0.3, -0.25) is 4.98 Å². The quantitative estimate of drug-likeness (QED) is 0.874. The molecule has 0 unspecified atom stereocenters. The van der Waals surface area contributed by atoms with Crippen LogP contribution < -0.4 is 5.32 Å². The average Bonchev–Trinajstić information content (AvgIpc) is 2.39. The highest BCUT2D eigenvalue weighted by atomic mass is 16.5. The fourth-order valence-electron chi connectivity index (χ4n) is 1.83. The van der Waals surface area contributed by atoms with Crippen LogP contribution in [-0.4, -0.2) is 12.1 Å². The Hall–Kier alpha value is -1.87. The first kappa shape index (κ1) is 12.6. The zero-order valence-corrected chi connectivity index (χ0v) is 10.8. The van der Waals surface area contributed by atoms with Gasteiger partial charge in [0.05, 0.1) is 18.8 Å². The molecule has 0 atom stereocenters. The lowest BCUT2D eigenvalue weighted by molar-refractivity contribution is 0.185. The van der Waals surface area contributed by atoms with Crippen molar-refractivity contribution in [2.24, 2.45) is 0 Å². The Morgan fingerprint density at radius 1 is 1.22 bits per heavy atom. The molecule has 1 aromatic heterocycles. The zero-order valence-electron chi connectivity index (χ0n) is 10.8. The molecule has 0 aliphatic rings. The number of hydrogen-bond acceptors (Lipinski definition) is 3. The Balaban J connectivity index is 2.02. The van der Waals surface area contributed by atoms with Gasteiger partial charge < -0.3 is 10.1 Å². The molecule has 2 aromatic rings. The van der Waals surface area contributed by atoms with Gasteiger partial charge in [-0.05, 0) is 36.2 Å². The summed E-state index contributed by atoms with van der Waals surface area (Å²) in [5, 5.41) is 3.38. The molecule has 0 radical (unpaired) electrons. The molecule has 18 heavy (non-hydrogen) atoms. The van der Waals surface area contributed by atoms with Gasteiger partial charge in [-0.25, -0.2) is 0 Å². The molecule has 0 bridgehead atoms. The predicted molar refractivity (Wildman–Crippen MR) is 73.5 cm³/mol. The summed E-state index contributed by atoms with van der Waals surface area (Å²) in [7, 11) is 1.71. The summed E-state index contributed by atoms with van der Waals surface area (Å²) in [5.41, 5.74) is 4.54. The van der Waals surface area contributed by atoms with Crippen LogP contribution in [0.1, 0.15) is 16.8 Å². The van der Waals surface area contributed by atoms with Crippen LogP contribution in [0.3, 0.4) is 0 Å². The molecule has 94 valence electrons. The maximum atomic E-state index is 5.12. The molecule has 0 saturated carbocycles. The van der Waals surface area contributed by atoms with Crippen LogP contribution in [0.4, 0.5) is 5.69 Å². The second-order valence-corrected chi connectivity index (χ2v) is 4.25. The molecule has 1 aromatic carbocycles. The summed E-state index contributed by atoms with van der Waals surface area (Å²) in [6, 6.07) is 12.3. The first-order chi connectivity index (χ1) is 8.79. The van der Waals surface area contributed by atoms with Gasteiger partial charge in [0.2, 0.25) is 0 Å². The van der Waals surface area contributed by atoms with Crippen molar-refractivity contribution in [2.75, 3.05) is 12.4 Å². The van der Waals surface area contributed by atoms with Gasteiger partial charge in [0.25, 0.3) is 0 Å². The van der Waals surface area contributed by atoms with Crippen molar-refractivity contribution < 1.29 is 4.74 Å². The Morgan fingerprint density at radius 3 is 2.89 bits per heavy atom. The standard InChI is InChI=1S/C15H18N2O/c1-12-5-4-8-16-15(12)10-17-14-7-3-6-13(9-14)11-18-2/h3-9,17H,10-11H2,1-2H3. The van der Waals surface area contributed by atoms with E-state index in [9.17, 15) is 0 Å². The van der Waals surface area contributed by atoms with E-state index < -0.39 is 0 Å². The third-order valence-corrected chi connectivity index (χ3v) is 2.82. The maximum absolute atomic E-state index is 5.12. The fourth-order valence-corrected chi connectivity index (χ4v) is 1.83. The van der Waals surface area contributed by atoms with Crippen LogP contribution in [-0.2, 0) is 17.9 Å². The van der Waals surface area contributed by atoms with E-state index in [1.807, 2.05) is 18.3 Å². The molecule has 0 saturated heterocycles. The lowest BCUT2D eigenvalue weighted by Crippen LogP contribution is -2.03. The Labute approximate surface area is 108 Å². The van der Waals surface area contributed by atoms with E-state index in [1.54, 1.807) is 7.11 Å². The lowest BCUT2D eigenvalue weighted by Gasteiger charge is -2.09. The normalized spacial score (nSPS) is 10.3. The van der Waals surface area contributed by atoms with Crippen LogP contribution in [0.2, 0.25) is 0 Å². The number of methoxy groups -OCH3 is 1. The number of nitrogens with zero attached hydrogens (tertiary/aromatic N) is 1. The number of pyridine rings is 1. The van der Waals surface area contributed by atoms with Crippen molar-refractivity contribution in [2.45, 2.75) is 20.1 Å². The summed E-state index contributed by atoms with van der Waals surface area (Å²) in [5.74, 6) is 0. The topological polar surface area (TPSA) is 34.1 Å². The molecule has 0 spiro atoms. The van der Waals surface area contributed by atoms with E-state index >= 15 is 0 Å². The number of ether oxygens (including phenoxy) is 1. The fraction of sp³-hybridized carbons (Fsp3) is 0.267. The minimum Gasteiger partial charge on any atom is -0.380 e. The smallest absolute Gasteiger partial charge is 0.0713 e. The molecule has 0 aliphatic carbocycles. The maximum Gasteiger partial charge on any atom is 0.0713 e. The number of nitrogens with one attached hydrogen (secondary N) is 1. The minimum atomic E-state index is 0.637. The number of hydrogen-bond donors (Lipinski definition) is 1. The van der Waals surface area contributed by atoms with Crippen molar-refractivity contribution in [3.8, 4) is 0 Å². The number of aromatic nitrogens is 1. The SMILES string of the molecule is COCc1cccc(NCc2ncccc2C)c1. The van der Waals surface area contributed by atoms with Crippen molar-refractivity contribution in [1.29, 1.82) is 0 Å². The van der Waals surface area contributed by atoms with E-state index in [4.69, 9.17) is 4.74 Å².